The highest BCUT2D eigenvalue weighted by Gasteiger charge is 2.49. The number of hydrogen-bond donors (Lipinski definition) is 1. The van der Waals surface area contributed by atoms with Crippen LogP contribution < -0.4 is 14.4 Å². The third-order valence-electron chi connectivity index (χ3n) is 4.53. The summed E-state index contributed by atoms with van der Waals surface area (Å²) in [5.41, 5.74) is -0.733. The van der Waals surface area contributed by atoms with Crippen molar-refractivity contribution >= 4 is 29.0 Å². The number of fused-ring (bicyclic) bond motifs is 2. The van der Waals surface area contributed by atoms with Crippen molar-refractivity contribution in [2.24, 2.45) is 0 Å². The standard InChI is InChI=1S/C18H14ClNO5/c1-20-13-4-3-11(19)7-12(13)18(23,17(20)22)8-14(21)10-2-5-15-16(6-10)25-9-24-15/h2-7,23H,8-9H2,1H3/t18-/m1/s1. The molecule has 1 amide bonds. The van der Waals surface area contributed by atoms with Crippen molar-refractivity contribution in [1.29, 1.82) is 0 Å². The maximum atomic E-state index is 12.7. The Morgan fingerprint density at radius 1 is 1.24 bits per heavy atom. The number of hydrogen-bond acceptors (Lipinski definition) is 5. The van der Waals surface area contributed by atoms with Crippen molar-refractivity contribution in [1.82, 2.24) is 0 Å². The second-order valence-corrected chi connectivity index (χ2v) is 6.49. The minimum absolute atomic E-state index is 0.103. The maximum absolute atomic E-state index is 12.7. The predicted molar refractivity (Wildman–Crippen MR) is 90.3 cm³/mol. The van der Waals surface area contributed by atoms with Crippen LogP contribution in [0.3, 0.4) is 0 Å². The molecule has 2 aliphatic heterocycles. The highest BCUT2D eigenvalue weighted by molar-refractivity contribution is 6.31. The average Bonchev–Trinajstić information content (AvgIpc) is 3.13. The number of carbonyl (C=O) groups excluding carboxylic acids is 2. The van der Waals surface area contributed by atoms with Crippen LogP contribution in [-0.4, -0.2) is 30.6 Å². The van der Waals surface area contributed by atoms with E-state index in [-0.39, 0.29) is 19.0 Å². The third kappa shape index (κ3) is 2.37. The van der Waals surface area contributed by atoms with Crippen molar-refractivity contribution in [2.75, 3.05) is 18.7 Å². The molecular formula is C18H14ClNO5. The molecular weight excluding hydrogens is 346 g/mol. The summed E-state index contributed by atoms with van der Waals surface area (Å²) < 4.78 is 10.5. The second-order valence-electron chi connectivity index (χ2n) is 6.05. The summed E-state index contributed by atoms with van der Waals surface area (Å²) >= 11 is 6.01. The number of Topliss-reactive ketones (excluding diaryl/α,β-unsaturated/α-hetero) is 1. The fourth-order valence-electron chi connectivity index (χ4n) is 3.21. The van der Waals surface area contributed by atoms with Gasteiger partial charge in [0.25, 0.3) is 5.91 Å². The summed E-state index contributed by atoms with van der Waals surface area (Å²) in [6.45, 7) is 0.103. The summed E-state index contributed by atoms with van der Waals surface area (Å²) in [5, 5.41) is 11.4. The maximum Gasteiger partial charge on any atom is 0.263 e. The van der Waals surface area contributed by atoms with E-state index in [2.05, 4.69) is 0 Å². The largest absolute Gasteiger partial charge is 0.454 e. The highest BCUT2D eigenvalue weighted by atomic mass is 35.5. The van der Waals surface area contributed by atoms with Gasteiger partial charge in [0, 0.05) is 23.2 Å². The second kappa shape index (κ2) is 5.47. The van der Waals surface area contributed by atoms with Crippen molar-refractivity contribution in [3.05, 3.63) is 52.5 Å². The van der Waals surface area contributed by atoms with Crippen LogP contribution in [0, 0.1) is 0 Å². The summed E-state index contributed by atoms with van der Waals surface area (Å²) in [6.07, 6.45) is -0.386. The van der Waals surface area contributed by atoms with Gasteiger partial charge < -0.3 is 19.5 Å². The van der Waals surface area contributed by atoms with E-state index in [1.807, 2.05) is 0 Å². The van der Waals surface area contributed by atoms with Crippen molar-refractivity contribution < 1.29 is 24.2 Å². The first kappa shape index (κ1) is 15.9. The number of aliphatic hydroxyl groups is 1. The predicted octanol–water partition coefficient (Wildman–Crippen LogP) is 2.51. The summed E-state index contributed by atoms with van der Waals surface area (Å²) in [5.74, 6) is 0.0921. The smallest absolute Gasteiger partial charge is 0.263 e. The Labute approximate surface area is 148 Å². The van der Waals surface area contributed by atoms with Crippen LogP contribution in [0.1, 0.15) is 22.3 Å². The minimum atomic E-state index is -1.94. The molecule has 6 nitrogen and oxygen atoms in total. The molecule has 1 atom stereocenters. The van der Waals surface area contributed by atoms with Gasteiger partial charge in [0.1, 0.15) is 0 Å². The molecule has 0 saturated heterocycles. The molecule has 0 fully saturated rings. The molecule has 2 aliphatic rings. The molecule has 0 spiro atoms. The zero-order valence-corrected chi connectivity index (χ0v) is 14.0. The first-order valence-electron chi connectivity index (χ1n) is 7.63. The number of benzene rings is 2. The Balaban J connectivity index is 1.69. The molecule has 0 bridgehead atoms. The van der Waals surface area contributed by atoms with Gasteiger partial charge in [0.05, 0.1) is 12.1 Å². The molecule has 0 unspecified atom stereocenters. The number of ether oxygens (including phenoxy) is 2. The van der Waals surface area contributed by atoms with Gasteiger partial charge in [0.2, 0.25) is 6.79 Å². The highest BCUT2D eigenvalue weighted by Crippen LogP contribution is 2.43. The monoisotopic (exact) mass is 359 g/mol. The number of amides is 1. The van der Waals surface area contributed by atoms with Gasteiger partial charge in [-0.1, -0.05) is 11.6 Å². The first-order chi connectivity index (χ1) is 11.9. The molecule has 4 rings (SSSR count). The third-order valence-corrected chi connectivity index (χ3v) is 4.77. The Bertz CT molecular complexity index is 912. The normalized spacial score (nSPS) is 20.8. The lowest BCUT2D eigenvalue weighted by atomic mass is 9.88. The van der Waals surface area contributed by atoms with E-state index >= 15 is 0 Å². The molecule has 1 N–H and O–H groups in total. The van der Waals surface area contributed by atoms with Gasteiger partial charge in [-0.25, -0.2) is 0 Å². The molecule has 0 aromatic heterocycles. The van der Waals surface area contributed by atoms with Gasteiger partial charge in [-0.3, -0.25) is 9.59 Å². The van der Waals surface area contributed by atoms with Gasteiger partial charge in [-0.2, -0.15) is 0 Å². The van der Waals surface area contributed by atoms with Crippen LogP contribution in [-0.2, 0) is 10.4 Å². The summed E-state index contributed by atoms with van der Waals surface area (Å²) in [4.78, 5) is 26.6. The van der Waals surface area contributed by atoms with E-state index in [0.29, 0.717) is 33.3 Å². The quantitative estimate of drug-likeness (QED) is 0.852. The lowest BCUT2D eigenvalue weighted by Gasteiger charge is -2.21. The lowest BCUT2D eigenvalue weighted by Crippen LogP contribution is -2.40. The topological polar surface area (TPSA) is 76.1 Å². The molecule has 128 valence electrons. The van der Waals surface area contributed by atoms with Gasteiger partial charge >= 0.3 is 0 Å². The van der Waals surface area contributed by atoms with Crippen LogP contribution in [0.25, 0.3) is 0 Å². The van der Waals surface area contributed by atoms with Crippen LogP contribution in [0.2, 0.25) is 5.02 Å². The van der Waals surface area contributed by atoms with E-state index in [9.17, 15) is 14.7 Å². The van der Waals surface area contributed by atoms with E-state index < -0.39 is 11.5 Å². The zero-order chi connectivity index (χ0) is 17.8. The Kier molecular flexibility index (Phi) is 3.49. The van der Waals surface area contributed by atoms with Crippen molar-refractivity contribution in [2.45, 2.75) is 12.0 Å². The van der Waals surface area contributed by atoms with Gasteiger partial charge in [0.15, 0.2) is 22.9 Å². The van der Waals surface area contributed by atoms with E-state index in [4.69, 9.17) is 21.1 Å². The number of anilines is 1. The molecule has 2 aromatic rings. The number of nitrogens with zero attached hydrogens (tertiary/aromatic N) is 1. The van der Waals surface area contributed by atoms with Crippen LogP contribution in [0.5, 0.6) is 11.5 Å². The lowest BCUT2D eigenvalue weighted by molar-refractivity contribution is -0.135. The molecule has 7 heteroatoms. The number of carbonyl (C=O) groups is 2. The number of rotatable bonds is 3. The zero-order valence-electron chi connectivity index (χ0n) is 13.3. The van der Waals surface area contributed by atoms with Crippen LogP contribution in [0.15, 0.2) is 36.4 Å². The Hall–Kier alpha value is -2.57. The molecule has 0 aliphatic carbocycles. The minimum Gasteiger partial charge on any atom is -0.454 e. The van der Waals surface area contributed by atoms with E-state index in [1.165, 1.54) is 11.0 Å². The van der Waals surface area contributed by atoms with E-state index in [0.717, 1.165) is 0 Å². The number of likely N-dealkylation sites (N-methyl/N-ethyl adjacent to an activating group) is 1. The summed E-state index contributed by atoms with van der Waals surface area (Å²) in [7, 11) is 1.55. The fourth-order valence-corrected chi connectivity index (χ4v) is 3.38. The van der Waals surface area contributed by atoms with Crippen molar-refractivity contribution in [3.63, 3.8) is 0 Å². The number of halogens is 1. The van der Waals surface area contributed by atoms with Crippen molar-refractivity contribution in [3.8, 4) is 11.5 Å². The first-order valence-corrected chi connectivity index (χ1v) is 8.01. The Morgan fingerprint density at radius 2 is 2.00 bits per heavy atom. The average molecular weight is 360 g/mol. The molecule has 0 saturated carbocycles. The summed E-state index contributed by atoms with van der Waals surface area (Å²) in [6, 6.07) is 9.57. The molecule has 2 aromatic carbocycles. The van der Waals surface area contributed by atoms with Crippen LogP contribution in [0.4, 0.5) is 5.69 Å². The SMILES string of the molecule is CN1C(=O)[C@@](O)(CC(=O)c2ccc3c(c2)OCO3)c2cc(Cl)ccc21. The van der Waals surface area contributed by atoms with E-state index in [1.54, 1.807) is 37.4 Å². The molecule has 0 radical (unpaired) electrons. The molecule has 2 heterocycles. The van der Waals surface area contributed by atoms with Gasteiger partial charge in [-0.15, -0.1) is 0 Å². The Morgan fingerprint density at radius 3 is 2.80 bits per heavy atom. The number of ketones is 1. The fraction of sp³-hybridized carbons (Fsp3) is 0.222. The van der Waals surface area contributed by atoms with Crippen LogP contribution >= 0.6 is 11.6 Å². The van der Waals surface area contributed by atoms with Gasteiger partial charge in [-0.05, 0) is 36.4 Å². The molecule has 25 heavy (non-hydrogen) atoms.